The molecule has 2 rings (SSSR count). The van der Waals surface area contributed by atoms with E-state index in [4.69, 9.17) is 0 Å². The summed E-state index contributed by atoms with van der Waals surface area (Å²) in [5.41, 5.74) is 0.703. The average molecular weight is 263 g/mol. The van der Waals surface area contributed by atoms with Gasteiger partial charge < -0.3 is 0 Å². The minimum atomic E-state index is -0.564. The number of hydrogen-bond acceptors (Lipinski definition) is 4. The zero-order valence-corrected chi connectivity index (χ0v) is 11.0. The van der Waals surface area contributed by atoms with E-state index in [9.17, 15) is 10.1 Å². The van der Waals surface area contributed by atoms with E-state index in [2.05, 4.69) is 6.07 Å². The zero-order chi connectivity index (χ0) is 12.1. The molecule has 0 N–H and O–H groups in total. The van der Waals surface area contributed by atoms with Gasteiger partial charge in [-0.15, -0.1) is 23.5 Å². The van der Waals surface area contributed by atoms with Crippen molar-refractivity contribution in [1.82, 2.24) is 0 Å². The maximum atomic E-state index is 12.1. The summed E-state index contributed by atoms with van der Waals surface area (Å²) in [6.07, 6.45) is 1.43. The van der Waals surface area contributed by atoms with Gasteiger partial charge in [-0.2, -0.15) is 5.26 Å². The fourth-order valence-electron chi connectivity index (χ4n) is 1.72. The third-order valence-corrected chi connectivity index (χ3v) is 5.72. The average Bonchev–Trinajstić information content (AvgIpc) is 2.41. The quantitative estimate of drug-likeness (QED) is 0.784. The normalized spacial score (nSPS) is 18.3. The number of benzene rings is 1. The van der Waals surface area contributed by atoms with Gasteiger partial charge >= 0.3 is 0 Å². The van der Waals surface area contributed by atoms with Gasteiger partial charge in [-0.05, 0) is 17.9 Å². The van der Waals surface area contributed by atoms with Crippen molar-refractivity contribution in [1.29, 1.82) is 5.26 Å². The van der Waals surface area contributed by atoms with Gasteiger partial charge in [0.25, 0.3) is 0 Å². The topological polar surface area (TPSA) is 40.9 Å². The maximum Gasteiger partial charge on any atom is 0.166 e. The molecule has 4 heteroatoms. The molecule has 0 saturated carbocycles. The molecule has 0 bridgehead atoms. The van der Waals surface area contributed by atoms with Crippen molar-refractivity contribution in [3.63, 3.8) is 0 Å². The van der Waals surface area contributed by atoms with Gasteiger partial charge in [0.05, 0.1) is 6.07 Å². The molecule has 17 heavy (non-hydrogen) atoms. The molecule has 1 heterocycles. The molecule has 1 aliphatic rings. The summed E-state index contributed by atoms with van der Waals surface area (Å²) in [7, 11) is 0. The Morgan fingerprint density at radius 3 is 2.53 bits per heavy atom. The molecule has 0 spiro atoms. The van der Waals surface area contributed by atoms with Gasteiger partial charge in [-0.1, -0.05) is 30.3 Å². The Kier molecular flexibility index (Phi) is 4.14. The number of Topliss-reactive ketones (excluding diaryl/α,β-unsaturated/α-hetero) is 1. The minimum Gasteiger partial charge on any atom is -0.294 e. The summed E-state index contributed by atoms with van der Waals surface area (Å²) < 4.78 is -0.564. The van der Waals surface area contributed by atoms with Crippen LogP contribution in [0.2, 0.25) is 0 Å². The highest BCUT2D eigenvalue weighted by Gasteiger charge is 2.36. The van der Waals surface area contributed by atoms with Crippen LogP contribution in [0.3, 0.4) is 0 Å². The van der Waals surface area contributed by atoms with Crippen molar-refractivity contribution < 1.29 is 4.79 Å². The molecular weight excluding hydrogens is 250 g/mol. The zero-order valence-electron chi connectivity index (χ0n) is 9.39. The van der Waals surface area contributed by atoms with Crippen molar-refractivity contribution in [3.8, 4) is 6.07 Å². The number of rotatable bonds is 3. The Morgan fingerprint density at radius 2 is 1.94 bits per heavy atom. The summed E-state index contributed by atoms with van der Waals surface area (Å²) in [6, 6.07) is 11.5. The van der Waals surface area contributed by atoms with Crippen molar-refractivity contribution in [3.05, 3.63) is 35.9 Å². The number of nitrogens with zero attached hydrogens (tertiary/aromatic N) is 1. The Morgan fingerprint density at radius 1 is 1.29 bits per heavy atom. The van der Waals surface area contributed by atoms with Crippen molar-refractivity contribution in [2.75, 3.05) is 11.5 Å². The lowest BCUT2D eigenvalue weighted by atomic mass is 10.1. The van der Waals surface area contributed by atoms with Gasteiger partial charge in [-0.3, -0.25) is 4.79 Å². The Balaban J connectivity index is 2.10. The van der Waals surface area contributed by atoms with Crippen LogP contribution in [0.5, 0.6) is 0 Å². The largest absolute Gasteiger partial charge is 0.294 e. The first-order valence-corrected chi connectivity index (χ1v) is 7.50. The fraction of sp³-hybridized carbons (Fsp3) is 0.385. The van der Waals surface area contributed by atoms with Gasteiger partial charge in [0.15, 0.2) is 9.86 Å². The highest BCUT2D eigenvalue weighted by atomic mass is 32.2. The number of ketones is 1. The Labute approximate surface area is 110 Å². The lowest BCUT2D eigenvalue weighted by molar-refractivity contribution is 0.0983. The first-order chi connectivity index (χ1) is 8.26. The summed E-state index contributed by atoms with van der Waals surface area (Å²) >= 11 is 3.23. The van der Waals surface area contributed by atoms with E-state index in [-0.39, 0.29) is 5.78 Å². The molecular formula is C13H13NOS2. The third kappa shape index (κ3) is 3.05. The van der Waals surface area contributed by atoms with Gasteiger partial charge in [0.1, 0.15) is 0 Å². The van der Waals surface area contributed by atoms with E-state index in [1.807, 2.05) is 30.3 Å². The van der Waals surface area contributed by atoms with Gasteiger partial charge in [-0.25, -0.2) is 0 Å². The van der Waals surface area contributed by atoms with Crippen molar-refractivity contribution in [2.24, 2.45) is 0 Å². The van der Waals surface area contributed by atoms with E-state index in [1.54, 1.807) is 23.5 Å². The van der Waals surface area contributed by atoms with Crippen molar-refractivity contribution >= 4 is 29.3 Å². The molecule has 1 fully saturated rings. The maximum absolute atomic E-state index is 12.1. The van der Waals surface area contributed by atoms with Crippen LogP contribution >= 0.6 is 23.5 Å². The second kappa shape index (κ2) is 5.61. The molecule has 0 aromatic heterocycles. The number of carbonyl (C=O) groups is 1. The molecule has 0 aliphatic carbocycles. The summed E-state index contributed by atoms with van der Waals surface area (Å²) in [5, 5.41) is 9.29. The SMILES string of the molecule is N#CC1(CC(=O)c2ccccc2)SCCCS1. The van der Waals surface area contributed by atoms with Crippen LogP contribution in [0, 0.1) is 11.3 Å². The summed E-state index contributed by atoms with van der Waals surface area (Å²) in [6.45, 7) is 0. The fourth-order valence-corrected chi connectivity index (χ4v) is 4.57. The van der Waals surface area contributed by atoms with Crippen molar-refractivity contribution in [2.45, 2.75) is 16.9 Å². The van der Waals surface area contributed by atoms with Gasteiger partial charge in [0.2, 0.25) is 0 Å². The van der Waals surface area contributed by atoms with Gasteiger partial charge in [0, 0.05) is 12.0 Å². The third-order valence-electron chi connectivity index (χ3n) is 2.62. The Bertz CT molecular complexity index is 432. The lowest BCUT2D eigenvalue weighted by Gasteiger charge is -2.28. The molecule has 0 radical (unpaired) electrons. The van der Waals surface area contributed by atoms with E-state index in [0.717, 1.165) is 17.9 Å². The van der Waals surface area contributed by atoms with Crippen LogP contribution in [0.4, 0.5) is 0 Å². The highest BCUT2D eigenvalue weighted by molar-refractivity contribution is 8.19. The molecule has 1 aromatic carbocycles. The first kappa shape index (κ1) is 12.5. The van der Waals surface area contributed by atoms with E-state index >= 15 is 0 Å². The van der Waals surface area contributed by atoms with Crippen LogP contribution < -0.4 is 0 Å². The van der Waals surface area contributed by atoms with Crippen LogP contribution in [0.15, 0.2) is 30.3 Å². The predicted octanol–water partition coefficient (Wildman–Crippen LogP) is 3.35. The van der Waals surface area contributed by atoms with E-state index in [0.29, 0.717) is 12.0 Å². The van der Waals surface area contributed by atoms with Crippen LogP contribution in [0.25, 0.3) is 0 Å². The molecule has 0 amide bonds. The molecule has 88 valence electrons. The molecule has 1 aliphatic heterocycles. The Hall–Kier alpha value is -0.920. The predicted molar refractivity (Wildman–Crippen MR) is 73.3 cm³/mol. The first-order valence-electron chi connectivity index (χ1n) is 5.53. The monoisotopic (exact) mass is 263 g/mol. The second-order valence-corrected chi connectivity index (χ2v) is 6.93. The molecule has 0 atom stereocenters. The molecule has 1 saturated heterocycles. The minimum absolute atomic E-state index is 0.0639. The molecule has 0 unspecified atom stereocenters. The number of thioether (sulfide) groups is 2. The van der Waals surface area contributed by atoms with E-state index in [1.165, 1.54) is 0 Å². The molecule has 1 aromatic rings. The second-order valence-electron chi connectivity index (χ2n) is 3.88. The summed E-state index contributed by atoms with van der Waals surface area (Å²) in [4.78, 5) is 12.1. The number of hydrogen-bond donors (Lipinski definition) is 0. The number of nitriles is 1. The molecule has 2 nitrogen and oxygen atoms in total. The van der Waals surface area contributed by atoms with Crippen LogP contribution in [-0.2, 0) is 0 Å². The highest BCUT2D eigenvalue weighted by Crippen LogP contribution is 2.44. The lowest BCUT2D eigenvalue weighted by Crippen LogP contribution is -2.26. The smallest absolute Gasteiger partial charge is 0.166 e. The van der Waals surface area contributed by atoms with E-state index < -0.39 is 4.08 Å². The van der Waals surface area contributed by atoms with Crippen LogP contribution in [0.1, 0.15) is 23.2 Å². The summed E-state index contributed by atoms with van der Waals surface area (Å²) in [5.74, 6) is 2.01. The van der Waals surface area contributed by atoms with Crippen LogP contribution in [-0.4, -0.2) is 21.4 Å². The number of carbonyl (C=O) groups excluding carboxylic acids is 1. The standard InChI is InChI=1S/C13H13NOS2/c14-10-13(16-7-4-8-17-13)9-12(15)11-5-2-1-3-6-11/h1-3,5-6H,4,7-9H2.